The van der Waals surface area contributed by atoms with Gasteiger partial charge in [0.15, 0.2) is 0 Å². The largest absolute Gasteiger partial charge is 0.378 e. The molecule has 1 aliphatic heterocycles. The molecule has 1 saturated heterocycles. The maximum atomic E-state index is 12.2. The van der Waals surface area contributed by atoms with Crippen LogP contribution in [0.1, 0.15) is 16.1 Å². The van der Waals surface area contributed by atoms with Crippen LogP contribution in [0.5, 0.6) is 0 Å². The number of anilines is 1. The Morgan fingerprint density at radius 3 is 2.72 bits per heavy atom. The number of H-pyrrole nitrogens is 1. The maximum absolute atomic E-state index is 12.2. The van der Waals surface area contributed by atoms with E-state index in [1.54, 1.807) is 12.3 Å². The highest BCUT2D eigenvalue weighted by Gasteiger charge is 2.18. The Balaban J connectivity index is 1.69. The van der Waals surface area contributed by atoms with Crippen molar-refractivity contribution in [2.24, 2.45) is 5.73 Å². The Morgan fingerprint density at radius 2 is 2.00 bits per heavy atom. The number of amides is 1. The topological polar surface area (TPSA) is 97.1 Å². The SMILES string of the molecule is Cc1ccc(-c2cc(C(N)=O)c3[nH]c4cc(N5CCOCC5)ccc4c3n2)cn1. The Morgan fingerprint density at radius 1 is 1.17 bits per heavy atom. The molecule has 0 atom stereocenters. The summed E-state index contributed by atoms with van der Waals surface area (Å²) in [5.74, 6) is -0.487. The fraction of sp³-hybridized carbons (Fsp3) is 0.227. The number of aromatic nitrogens is 3. The highest BCUT2D eigenvalue weighted by atomic mass is 16.5. The van der Waals surface area contributed by atoms with Crippen LogP contribution in [-0.2, 0) is 4.74 Å². The van der Waals surface area contributed by atoms with Gasteiger partial charge in [0.05, 0.1) is 41.0 Å². The summed E-state index contributed by atoms with van der Waals surface area (Å²) >= 11 is 0. The van der Waals surface area contributed by atoms with Gasteiger partial charge in [0, 0.05) is 41.6 Å². The van der Waals surface area contributed by atoms with Gasteiger partial charge in [-0.3, -0.25) is 9.78 Å². The first-order valence-electron chi connectivity index (χ1n) is 9.62. The minimum atomic E-state index is -0.487. The third kappa shape index (κ3) is 3.09. The number of aromatic amines is 1. The van der Waals surface area contributed by atoms with E-state index in [9.17, 15) is 4.79 Å². The van der Waals surface area contributed by atoms with Crippen molar-refractivity contribution in [3.63, 3.8) is 0 Å². The zero-order valence-electron chi connectivity index (χ0n) is 16.1. The number of nitrogens with zero attached hydrogens (tertiary/aromatic N) is 3. The lowest BCUT2D eigenvalue weighted by molar-refractivity contribution is 0.100. The number of pyridine rings is 2. The fourth-order valence-electron chi connectivity index (χ4n) is 3.82. The normalized spacial score (nSPS) is 14.6. The summed E-state index contributed by atoms with van der Waals surface area (Å²) in [4.78, 5) is 27.0. The van der Waals surface area contributed by atoms with Gasteiger partial charge in [0.25, 0.3) is 5.91 Å². The molecule has 0 saturated carbocycles. The molecule has 0 aliphatic carbocycles. The molecule has 146 valence electrons. The molecule has 3 N–H and O–H groups in total. The van der Waals surface area contributed by atoms with Gasteiger partial charge in [-0.15, -0.1) is 0 Å². The standard InChI is InChI=1S/C22H21N5O2/c1-13-2-3-14(12-24-13)18-11-17(22(23)28)21-20(25-18)16-5-4-15(10-19(16)26-21)27-6-8-29-9-7-27/h2-5,10-12,26H,6-9H2,1H3,(H2,23,28). The van der Waals surface area contributed by atoms with E-state index in [1.165, 1.54) is 0 Å². The molecule has 5 rings (SSSR count). The Kier molecular flexibility index (Phi) is 4.17. The number of nitrogens with one attached hydrogen (secondary N) is 1. The first-order chi connectivity index (χ1) is 14.1. The van der Waals surface area contributed by atoms with Crippen LogP contribution in [0.15, 0.2) is 42.6 Å². The summed E-state index contributed by atoms with van der Waals surface area (Å²) in [6.07, 6.45) is 1.76. The fourth-order valence-corrected chi connectivity index (χ4v) is 3.82. The number of benzene rings is 1. The van der Waals surface area contributed by atoms with Crippen molar-refractivity contribution in [2.75, 3.05) is 31.2 Å². The number of hydrogen-bond acceptors (Lipinski definition) is 5. The van der Waals surface area contributed by atoms with Crippen LogP contribution in [0.2, 0.25) is 0 Å². The molecule has 1 aromatic carbocycles. The van der Waals surface area contributed by atoms with E-state index in [0.717, 1.165) is 59.7 Å². The number of aryl methyl sites for hydroxylation is 1. The molecule has 1 fully saturated rings. The molecule has 29 heavy (non-hydrogen) atoms. The lowest BCUT2D eigenvalue weighted by Gasteiger charge is -2.28. The van der Waals surface area contributed by atoms with Crippen LogP contribution in [0, 0.1) is 6.92 Å². The smallest absolute Gasteiger partial charge is 0.250 e. The second-order valence-electron chi connectivity index (χ2n) is 7.29. The first-order valence-corrected chi connectivity index (χ1v) is 9.62. The van der Waals surface area contributed by atoms with E-state index in [-0.39, 0.29) is 0 Å². The van der Waals surface area contributed by atoms with Crippen LogP contribution in [0.3, 0.4) is 0 Å². The lowest BCUT2D eigenvalue weighted by Crippen LogP contribution is -2.36. The van der Waals surface area contributed by atoms with Crippen molar-refractivity contribution >= 4 is 33.5 Å². The van der Waals surface area contributed by atoms with E-state index in [0.29, 0.717) is 16.8 Å². The molecule has 7 heteroatoms. The highest BCUT2D eigenvalue weighted by molar-refractivity contribution is 6.14. The van der Waals surface area contributed by atoms with E-state index in [1.807, 2.05) is 25.1 Å². The summed E-state index contributed by atoms with van der Waals surface area (Å²) < 4.78 is 5.45. The Hall–Kier alpha value is -3.45. The minimum Gasteiger partial charge on any atom is -0.378 e. The monoisotopic (exact) mass is 387 g/mol. The van der Waals surface area contributed by atoms with E-state index in [4.69, 9.17) is 15.5 Å². The van der Waals surface area contributed by atoms with Crippen LogP contribution < -0.4 is 10.6 Å². The quantitative estimate of drug-likeness (QED) is 0.563. The summed E-state index contributed by atoms with van der Waals surface area (Å²) in [6.45, 7) is 5.11. The average molecular weight is 387 g/mol. The zero-order chi connectivity index (χ0) is 20.0. The second-order valence-corrected chi connectivity index (χ2v) is 7.29. The molecule has 4 aromatic rings. The number of primary amides is 1. The summed E-state index contributed by atoms with van der Waals surface area (Å²) in [7, 11) is 0. The molecule has 0 radical (unpaired) electrons. The van der Waals surface area contributed by atoms with Crippen molar-refractivity contribution in [1.82, 2.24) is 15.0 Å². The van der Waals surface area contributed by atoms with Crippen LogP contribution >= 0.6 is 0 Å². The number of carbonyl (C=O) groups excluding carboxylic acids is 1. The molecule has 1 aliphatic rings. The Bertz CT molecular complexity index is 1220. The number of nitrogens with two attached hydrogens (primary N) is 1. The number of ether oxygens (including phenoxy) is 1. The highest BCUT2D eigenvalue weighted by Crippen LogP contribution is 2.32. The zero-order valence-corrected chi connectivity index (χ0v) is 16.1. The lowest BCUT2D eigenvalue weighted by atomic mass is 10.1. The molecule has 0 bridgehead atoms. The van der Waals surface area contributed by atoms with E-state index in [2.05, 4.69) is 27.0 Å². The van der Waals surface area contributed by atoms with E-state index >= 15 is 0 Å². The van der Waals surface area contributed by atoms with Crippen LogP contribution in [0.4, 0.5) is 5.69 Å². The third-order valence-electron chi connectivity index (χ3n) is 5.39. The summed E-state index contributed by atoms with van der Waals surface area (Å²) in [6, 6.07) is 11.8. The molecular weight excluding hydrogens is 366 g/mol. The Labute approximate surface area is 167 Å². The first kappa shape index (κ1) is 17.6. The van der Waals surface area contributed by atoms with Gasteiger partial charge >= 0.3 is 0 Å². The predicted octanol–water partition coefficient (Wildman–Crippen LogP) is 3.02. The predicted molar refractivity (Wildman–Crippen MR) is 113 cm³/mol. The van der Waals surface area contributed by atoms with Crippen molar-refractivity contribution < 1.29 is 9.53 Å². The number of morpholine rings is 1. The minimum absolute atomic E-state index is 0.426. The number of carbonyl (C=O) groups is 1. The number of fused-ring (bicyclic) bond motifs is 3. The van der Waals surface area contributed by atoms with Crippen LogP contribution in [0.25, 0.3) is 33.2 Å². The van der Waals surface area contributed by atoms with Gasteiger partial charge in [0.2, 0.25) is 0 Å². The van der Waals surface area contributed by atoms with Crippen molar-refractivity contribution in [3.05, 3.63) is 53.9 Å². The number of hydrogen-bond donors (Lipinski definition) is 2. The molecule has 0 spiro atoms. The number of rotatable bonds is 3. The average Bonchev–Trinajstić information content (AvgIpc) is 3.12. The van der Waals surface area contributed by atoms with Crippen molar-refractivity contribution in [2.45, 2.75) is 6.92 Å². The summed E-state index contributed by atoms with van der Waals surface area (Å²) in [5.41, 5.74) is 12.0. The van der Waals surface area contributed by atoms with Gasteiger partial charge in [-0.2, -0.15) is 0 Å². The van der Waals surface area contributed by atoms with Gasteiger partial charge in [-0.25, -0.2) is 4.98 Å². The molecular formula is C22H21N5O2. The second kappa shape index (κ2) is 6.86. The molecule has 3 aromatic heterocycles. The third-order valence-corrected chi connectivity index (χ3v) is 5.39. The van der Waals surface area contributed by atoms with Gasteiger partial charge < -0.3 is 20.4 Å². The van der Waals surface area contributed by atoms with Gasteiger partial charge in [-0.1, -0.05) is 0 Å². The maximum Gasteiger partial charge on any atom is 0.250 e. The molecule has 0 unspecified atom stereocenters. The van der Waals surface area contributed by atoms with Crippen LogP contribution in [-0.4, -0.2) is 47.2 Å². The van der Waals surface area contributed by atoms with Gasteiger partial charge in [-0.05, 0) is 43.3 Å². The van der Waals surface area contributed by atoms with Gasteiger partial charge in [0.1, 0.15) is 0 Å². The summed E-state index contributed by atoms with van der Waals surface area (Å²) in [5, 5.41) is 0.960. The molecule has 4 heterocycles. The van der Waals surface area contributed by atoms with Crippen molar-refractivity contribution in [3.8, 4) is 11.3 Å². The molecule has 7 nitrogen and oxygen atoms in total. The van der Waals surface area contributed by atoms with E-state index < -0.39 is 5.91 Å². The van der Waals surface area contributed by atoms with Crippen molar-refractivity contribution in [1.29, 1.82) is 0 Å². The molecule has 1 amide bonds.